The maximum absolute atomic E-state index is 13.2. The predicted molar refractivity (Wildman–Crippen MR) is 126 cm³/mol. The van der Waals surface area contributed by atoms with Crippen molar-refractivity contribution >= 4 is 11.8 Å². The van der Waals surface area contributed by atoms with E-state index in [1.165, 1.54) is 12.5 Å². The fourth-order valence-electron chi connectivity index (χ4n) is 4.49. The van der Waals surface area contributed by atoms with Gasteiger partial charge in [0, 0.05) is 19.0 Å². The minimum Gasteiger partial charge on any atom is -0.352 e. The summed E-state index contributed by atoms with van der Waals surface area (Å²) in [7, 11) is 0. The van der Waals surface area contributed by atoms with Gasteiger partial charge in [0.05, 0.1) is 22.5 Å². The van der Waals surface area contributed by atoms with Gasteiger partial charge in [0.15, 0.2) is 0 Å². The van der Waals surface area contributed by atoms with Crippen molar-refractivity contribution in [2.75, 3.05) is 0 Å². The lowest BCUT2D eigenvalue weighted by Crippen LogP contribution is -2.44. The molecule has 164 valence electrons. The molecule has 0 unspecified atom stereocenters. The highest BCUT2D eigenvalue weighted by molar-refractivity contribution is 5.96. The van der Waals surface area contributed by atoms with Crippen molar-refractivity contribution in [2.24, 2.45) is 0 Å². The van der Waals surface area contributed by atoms with Crippen LogP contribution in [-0.4, -0.2) is 16.8 Å². The minimum absolute atomic E-state index is 0.0492. The summed E-state index contributed by atoms with van der Waals surface area (Å²) in [6.07, 6.45) is 4.14. The van der Waals surface area contributed by atoms with Gasteiger partial charge in [-0.2, -0.15) is 0 Å². The zero-order valence-corrected chi connectivity index (χ0v) is 18.7. The lowest BCUT2D eigenvalue weighted by Gasteiger charge is -2.31. The topological polar surface area (TPSA) is 71.1 Å². The van der Waals surface area contributed by atoms with Gasteiger partial charge in [0.1, 0.15) is 0 Å². The Balaban J connectivity index is 1.52. The molecule has 5 nitrogen and oxygen atoms in total. The molecule has 0 aliphatic heterocycles. The number of rotatable bonds is 6. The molecule has 1 aliphatic rings. The van der Waals surface area contributed by atoms with Crippen LogP contribution in [0.3, 0.4) is 0 Å². The van der Waals surface area contributed by atoms with Crippen molar-refractivity contribution in [1.29, 1.82) is 0 Å². The molecule has 32 heavy (non-hydrogen) atoms. The summed E-state index contributed by atoms with van der Waals surface area (Å²) >= 11 is 0. The number of pyridine rings is 1. The number of hydrogen-bond donors (Lipinski definition) is 2. The molecule has 1 heterocycles. The van der Waals surface area contributed by atoms with E-state index in [0.29, 0.717) is 17.8 Å². The van der Waals surface area contributed by atoms with Crippen LogP contribution >= 0.6 is 0 Å². The van der Waals surface area contributed by atoms with Crippen molar-refractivity contribution in [3.63, 3.8) is 0 Å². The highest BCUT2D eigenvalue weighted by Gasteiger charge is 2.37. The molecule has 2 amide bonds. The Bertz CT molecular complexity index is 1100. The van der Waals surface area contributed by atoms with Crippen LogP contribution < -0.4 is 10.6 Å². The second kappa shape index (κ2) is 9.35. The summed E-state index contributed by atoms with van der Waals surface area (Å²) < 4.78 is 0. The minimum atomic E-state index is -0.298. The molecule has 0 atom stereocenters. The molecular formula is C27H29N3O2. The molecular weight excluding hydrogens is 398 g/mol. The van der Waals surface area contributed by atoms with E-state index in [9.17, 15) is 9.59 Å². The van der Waals surface area contributed by atoms with Crippen molar-refractivity contribution < 1.29 is 9.59 Å². The second-order valence-corrected chi connectivity index (χ2v) is 8.55. The van der Waals surface area contributed by atoms with Crippen LogP contribution in [0.4, 0.5) is 0 Å². The molecule has 0 saturated heterocycles. The molecule has 3 aromatic rings. The Morgan fingerprint density at radius 3 is 2.25 bits per heavy atom. The summed E-state index contributed by atoms with van der Waals surface area (Å²) in [6.45, 7) is 3.89. The maximum Gasteiger partial charge on any atom is 0.253 e. The molecule has 4 rings (SSSR count). The van der Waals surface area contributed by atoms with E-state index in [2.05, 4.69) is 22.8 Å². The fourth-order valence-corrected chi connectivity index (χ4v) is 4.49. The van der Waals surface area contributed by atoms with E-state index in [1.54, 1.807) is 0 Å². The second-order valence-electron chi connectivity index (χ2n) is 8.55. The van der Waals surface area contributed by atoms with Gasteiger partial charge in [0.25, 0.3) is 5.91 Å². The Morgan fingerprint density at radius 2 is 1.62 bits per heavy atom. The third-order valence-corrected chi connectivity index (χ3v) is 6.26. The van der Waals surface area contributed by atoms with Gasteiger partial charge in [0.2, 0.25) is 5.91 Å². The molecule has 2 aromatic carbocycles. The van der Waals surface area contributed by atoms with Gasteiger partial charge in [-0.1, -0.05) is 67.4 Å². The van der Waals surface area contributed by atoms with E-state index in [-0.39, 0.29) is 17.4 Å². The van der Waals surface area contributed by atoms with Crippen molar-refractivity contribution in [3.8, 4) is 11.3 Å². The molecule has 1 aliphatic carbocycles. The Morgan fingerprint density at radius 1 is 0.938 bits per heavy atom. The summed E-state index contributed by atoms with van der Waals surface area (Å²) in [5.74, 6) is -0.121. The van der Waals surface area contributed by atoms with Crippen LogP contribution in [0.2, 0.25) is 0 Å². The monoisotopic (exact) mass is 427 g/mol. The summed E-state index contributed by atoms with van der Waals surface area (Å²) in [4.78, 5) is 29.0. The van der Waals surface area contributed by atoms with Crippen LogP contribution in [0.25, 0.3) is 11.3 Å². The molecule has 1 saturated carbocycles. The molecule has 0 bridgehead atoms. The maximum atomic E-state index is 13.2. The van der Waals surface area contributed by atoms with Gasteiger partial charge in [-0.25, -0.2) is 0 Å². The van der Waals surface area contributed by atoms with E-state index < -0.39 is 0 Å². The first-order valence-corrected chi connectivity index (χ1v) is 11.2. The van der Waals surface area contributed by atoms with Gasteiger partial charge < -0.3 is 10.6 Å². The Hall–Kier alpha value is -3.47. The molecule has 0 radical (unpaired) electrons. The zero-order valence-electron chi connectivity index (χ0n) is 18.7. The predicted octanol–water partition coefficient (Wildman–Crippen LogP) is 4.89. The highest BCUT2D eigenvalue weighted by Crippen LogP contribution is 2.39. The quantitative estimate of drug-likeness (QED) is 0.588. The molecule has 1 aromatic heterocycles. The van der Waals surface area contributed by atoms with Crippen LogP contribution in [0.15, 0.2) is 66.7 Å². The largest absolute Gasteiger partial charge is 0.352 e. The van der Waals surface area contributed by atoms with Crippen molar-refractivity contribution in [3.05, 3.63) is 89.1 Å². The lowest BCUT2D eigenvalue weighted by atomic mass is 9.87. The first-order valence-electron chi connectivity index (χ1n) is 11.2. The first kappa shape index (κ1) is 21.8. The van der Waals surface area contributed by atoms with Crippen molar-refractivity contribution in [2.45, 2.75) is 51.6 Å². The number of hydrogen-bond acceptors (Lipinski definition) is 3. The van der Waals surface area contributed by atoms with E-state index in [1.807, 2.05) is 61.5 Å². The fraction of sp³-hybridized carbons (Fsp3) is 0.296. The number of aromatic nitrogens is 1. The number of nitrogens with zero attached hydrogens (tertiary/aromatic N) is 1. The van der Waals surface area contributed by atoms with Gasteiger partial charge in [-0.3, -0.25) is 14.6 Å². The number of aryl methyl sites for hydroxylation is 1. The normalized spacial score (nSPS) is 14.7. The van der Waals surface area contributed by atoms with Crippen LogP contribution in [0, 0.1) is 6.92 Å². The Labute approximate surface area is 189 Å². The van der Waals surface area contributed by atoms with Crippen LogP contribution in [0.5, 0.6) is 0 Å². The number of benzene rings is 2. The third kappa shape index (κ3) is 4.72. The molecule has 0 spiro atoms. The molecule has 2 N–H and O–H groups in total. The summed E-state index contributed by atoms with van der Waals surface area (Å²) in [5.41, 5.74) is 5.02. The molecule has 1 fully saturated rings. The summed E-state index contributed by atoms with van der Waals surface area (Å²) in [5, 5.41) is 6.14. The number of amides is 2. The molecule has 5 heteroatoms. The van der Waals surface area contributed by atoms with Crippen molar-refractivity contribution in [1.82, 2.24) is 15.6 Å². The average molecular weight is 428 g/mol. The number of carbonyl (C=O) groups is 2. The van der Waals surface area contributed by atoms with E-state index in [0.717, 1.165) is 42.5 Å². The third-order valence-electron chi connectivity index (χ3n) is 6.26. The average Bonchev–Trinajstić information content (AvgIpc) is 3.28. The zero-order chi connectivity index (χ0) is 22.6. The van der Waals surface area contributed by atoms with Gasteiger partial charge in [-0.15, -0.1) is 0 Å². The number of nitrogens with one attached hydrogen (secondary N) is 2. The van der Waals surface area contributed by atoms with Gasteiger partial charge in [-0.05, 0) is 43.0 Å². The van der Waals surface area contributed by atoms with Gasteiger partial charge >= 0.3 is 0 Å². The van der Waals surface area contributed by atoms with E-state index >= 15 is 0 Å². The van der Waals surface area contributed by atoms with Crippen LogP contribution in [0.1, 0.15) is 59.8 Å². The lowest BCUT2D eigenvalue weighted by molar-refractivity contribution is -0.119. The smallest absolute Gasteiger partial charge is 0.253 e. The first-order chi connectivity index (χ1) is 15.5. The SMILES string of the molecule is CC(=O)NCc1ccc(-c2ccc(C(=O)NC3(c4ccccc4)CCCC3)c(C)n2)cc1. The highest BCUT2D eigenvalue weighted by atomic mass is 16.2. The van der Waals surface area contributed by atoms with E-state index in [4.69, 9.17) is 4.98 Å². The standard InChI is InChI=1S/C27H29N3O2/c1-19-24(26(32)30-27(16-6-7-17-27)23-8-4-3-5-9-23)14-15-25(29-19)22-12-10-21(11-13-22)18-28-20(2)31/h3-5,8-15H,6-7,16-18H2,1-2H3,(H,28,31)(H,30,32). The van der Waals surface area contributed by atoms with Crippen LogP contribution in [-0.2, 0) is 16.9 Å². The summed E-state index contributed by atoms with van der Waals surface area (Å²) in [6, 6.07) is 22.0. The Kier molecular flexibility index (Phi) is 6.35. The number of carbonyl (C=O) groups excluding carboxylic acids is 2.